The van der Waals surface area contributed by atoms with E-state index in [1.165, 1.54) is 84.4 Å². The predicted octanol–water partition coefficient (Wildman–Crippen LogP) is 8.59. The van der Waals surface area contributed by atoms with Gasteiger partial charge in [-0.25, -0.2) is 0 Å². The third-order valence-corrected chi connectivity index (χ3v) is 8.12. The van der Waals surface area contributed by atoms with Crippen molar-refractivity contribution in [1.29, 1.82) is 0 Å². The van der Waals surface area contributed by atoms with Crippen LogP contribution in [0.25, 0.3) is 21.5 Å². The zero-order chi connectivity index (χ0) is 19.0. The second-order valence-corrected chi connectivity index (χ2v) is 10.2. The molecule has 0 spiro atoms. The van der Waals surface area contributed by atoms with E-state index in [0.717, 1.165) is 11.5 Å². The Morgan fingerprint density at radius 2 is 0.750 bits per heavy atom. The van der Waals surface area contributed by atoms with E-state index >= 15 is 0 Å². The summed E-state index contributed by atoms with van der Waals surface area (Å²) >= 11 is 4.26. The number of rotatable bonds is 0. The molecule has 1 aliphatic heterocycles. The molecule has 2 bridgehead atoms. The summed E-state index contributed by atoms with van der Waals surface area (Å²) in [6.07, 6.45) is 11.3. The predicted molar refractivity (Wildman–Crippen MR) is 131 cm³/mol. The highest BCUT2D eigenvalue weighted by atomic mass is 32.2. The van der Waals surface area contributed by atoms with Gasteiger partial charge < -0.3 is 0 Å². The van der Waals surface area contributed by atoms with Crippen molar-refractivity contribution in [3.8, 4) is 0 Å². The lowest BCUT2D eigenvalue weighted by atomic mass is 9.93. The minimum absolute atomic E-state index is 1.13. The maximum Gasteiger partial charge on any atom is 0.0196 e. The lowest BCUT2D eigenvalue weighted by Crippen LogP contribution is -1.95. The smallest absolute Gasteiger partial charge is 0.0196 e. The molecule has 0 N–H and O–H groups in total. The molecule has 0 aliphatic carbocycles. The van der Waals surface area contributed by atoms with E-state index in [2.05, 4.69) is 72.1 Å². The Hall–Kier alpha value is -1.12. The zero-order valence-electron chi connectivity index (χ0n) is 16.9. The summed E-state index contributed by atoms with van der Waals surface area (Å²) in [6, 6.07) is 18.3. The Morgan fingerprint density at radius 1 is 0.429 bits per heavy atom. The SMILES string of the molecule is c1ccc2c3c4ccccc4c(c2c1)CSCCCCCCCCCCSC3. The van der Waals surface area contributed by atoms with Crippen LogP contribution < -0.4 is 0 Å². The van der Waals surface area contributed by atoms with Crippen molar-refractivity contribution in [2.45, 2.75) is 62.9 Å². The van der Waals surface area contributed by atoms with Crippen molar-refractivity contribution >= 4 is 45.1 Å². The molecule has 0 amide bonds. The summed E-state index contributed by atoms with van der Waals surface area (Å²) in [5.74, 6) is 4.85. The number of hydrogen-bond donors (Lipinski definition) is 0. The van der Waals surface area contributed by atoms with Crippen LogP contribution >= 0.6 is 23.5 Å². The normalized spacial score (nSPS) is 18.1. The molecular weight excluding hydrogens is 376 g/mol. The van der Waals surface area contributed by atoms with Crippen molar-refractivity contribution in [3.05, 3.63) is 59.7 Å². The molecule has 0 unspecified atom stereocenters. The molecule has 0 saturated heterocycles. The van der Waals surface area contributed by atoms with Gasteiger partial charge in [-0.2, -0.15) is 23.5 Å². The van der Waals surface area contributed by atoms with Crippen LogP contribution in [0.1, 0.15) is 62.5 Å². The fourth-order valence-electron chi connectivity index (χ4n) is 4.44. The summed E-state index contributed by atoms with van der Waals surface area (Å²) in [6.45, 7) is 0. The highest BCUT2D eigenvalue weighted by molar-refractivity contribution is 7.98. The first-order valence-corrected chi connectivity index (χ1v) is 13.3. The Morgan fingerprint density at radius 3 is 1.11 bits per heavy atom. The number of fused-ring (bicyclic) bond motifs is 3. The monoisotopic (exact) mass is 408 g/mol. The Kier molecular flexibility index (Phi) is 7.63. The van der Waals surface area contributed by atoms with Crippen LogP contribution in [0.15, 0.2) is 48.5 Å². The number of benzene rings is 3. The van der Waals surface area contributed by atoms with Gasteiger partial charge in [-0.05, 0) is 57.0 Å². The second-order valence-electron chi connectivity index (χ2n) is 7.98. The average molecular weight is 409 g/mol. The molecular formula is C26H32S2. The fraction of sp³-hybridized carbons (Fsp3) is 0.462. The molecule has 1 aliphatic rings. The molecule has 28 heavy (non-hydrogen) atoms. The Bertz CT molecular complexity index is 768. The molecule has 0 aromatic heterocycles. The van der Waals surface area contributed by atoms with E-state index in [4.69, 9.17) is 0 Å². The molecule has 0 nitrogen and oxygen atoms in total. The summed E-state index contributed by atoms with van der Waals surface area (Å²) in [5, 5.41) is 5.91. The van der Waals surface area contributed by atoms with Crippen molar-refractivity contribution in [2.75, 3.05) is 11.5 Å². The highest BCUT2D eigenvalue weighted by Gasteiger charge is 2.13. The van der Waals surface area contributed by atoms with Gasteiger partial charge in [0.25, 0.3) is 0 Å². The van der Waals surface area contributed by atoms with E-state index in [0.29, 0.717) is 0 Å². The fourth-order valence-corrected chi connectivity index (χ4v) is 6.57. The van der Waals surface area contributed by atoms with Crippen molar-refractivity contribution in [1.82, 2.24) is 0 Å². The van der Waals surface area contributed by atoms with Gasteiger partial charge in [0.1, 0.15) is 0 Å². The van der Waals surface area contributed by atoms with Gasteiger partial charge >= 0.3 is 0 Å². The zero-order valence-corrected chi connectivity index (χ0v) is 18.6. The number of hydrogen-bond acceptors (Lipinski definition) is 2. The average Bonchev–Trinajstić information content (AvgIpc) is 2.74. The summed E-state index contributed by atoms with van der Waals surface area (Å²) in [4.78, 5) is 0. The molecule has 0 radical (unpaired) electrons. The molecule has 0 saturated carbocycles. The Labute approximate surface area is 178 Å². The number of thioether (sulfide) groups is 2. The largest absolute Gasteiger partial charge is 0.157 e. The first kappa shape index (κ1) is 20.2. The summed E-state index contributed by atoms with van der Waals surface area (Å²) in [5.41, 5.74) is 3.09. The first-order chi connectivity index (χ1) is 13.9. The topological polar surface area (TPSA) is 0 Å². The molecule has 0 atom stereocenters. The van der Waals surface area contributed by atoms with Crippen molar-refractivity contribution in [3.63, 3.8) is 0 Å². The van der Waals surface area contributed by atoms with Gasteiger partial charge in [0.2, 0.25) is 0 Å². The molecule has 3 aromatic rings. The second kappa shape index (κ2) is 10.6. The van der Waals surface area contributed by atoms with Gasteiger partial charge in [0.05, 0.1) is 0 Å². The molecule has 4 rings (SSSR count). The van der Waals surface area contributed by atoms with Crippen LogP contribution in [0.5, 0.6) is 0 Å². The third-order valence-electron chi connectivity index (χ3n) is 5.97. The van der Waals surface area contributed by atoms with E-state index in [1.54, 1.807) is 11.1 Å². The maximum atomic E-state index is 2.35. The van der Waals surface area contributed by atoms with Gasteiger partial charge in [-0.1, -0.05) is 87.1 Å². The molecule has 2 heteroatoms. The van der Waals surface area contributed by atoms with Gasteiger partial charge in [-0.3, -0.25) is 0 Å². The molecule has 148 valence electrons. The van der Waals surface area contributed by atoms with Crippen LogP contribution in [0.3, 0.4) is 0 Å². The highest BCUT2D eigenvalue weighted by Crippen LogP contribution is 2.37. The van der Waals surface area contributed by atoms with Gasteiger partial charge in [-0.15, -0.1) is 0 Å². The van der Waals surface area contributed by atoms with Crippen LogP contribution in [-0.2, 0) is 11.5 Å². The lowest BCUT2D eigenvalue weighted by Gasteiger charge is -2.17. The molecule has 0 fully saturated rings. The van der Waals surface area contributed by atoms with Crippen LogP contribution in [0, 0.1) is 0 Å². The lowest BCUT2D eigenvalue weighted by molar-refractivity contribution is 0.587. The summed E-state index contributed by atoms with van der Waals surface area (Å²) < 4.78 is 0. The van der Waals surface area contributed by atoms with Crippen LogP contribution in [-0.4, -0.2) is 11.5 Å². The van der Waals surface area contributed by atoms with E-state index < -0.39 is 0 Å². The van der Waals surface area contributed by atoms with E-state index in [1.807, 2.05) is 0 Å². The standard InChI is InChI=1S/C26H32S2/c1-2-4-6-12-18-28-20-26-23-15-9-7-13-21(23)25(19-27-17-11-5-3-1)22-14-8-10-16-24(22)26/h7-10,13-16H,1-6,11-12,17-20H2. The first-order valence-electron chi connectivity index (χ1n) is 11.0. The van der Waals surface area contributed by atoms with E-state index in [-0.39, 0.29) is 0 Å². The maximum absolute atomic E-state index is 2.35. The minimum atomic E-state index is 1.13. The van der Waals surface area contributed by atoms with Crippen LogP contribution in [0.2, 0.25) is 0 Å². The minimum Gasteiger partial charge on any atom is -0.157 e. The van der Waals surface area contributed by atoms with Gasteiger partial charge in [0.15, 0.2) is 0 Å². The van der Waals surface area contributed by atoms with Crippen LogP contribution in [0.4, 0.5) is 0 Å². The quantitative estimate of drug-likeness (QED) is 0.341. The van der Waals surface area contributed by atoms with E-state index in [9.17, 15) is 0 Å². The molecule has 1 heterocycles. The van der Waals surface area contributed by atoms with Crippen molar-refractivity contribution < 1.29 is 0 Å². The third kappa shape index (κ3) is 4.89. The van der Waals surface area contributed by atoms with Crippen molar-refractivity contribution in [2.24, 2.45) is 0 Å². The summed E-state index contributed by atoms with van der Waals surface area (Å²) in [7, 11) is 0. The van der Waals surface area contributed by atoms with Gasteiger partial charge in [0, 0.05) is 11.5 Å². The molecule has 3 aromatic carbocycles. The Balaban J connectivity index is 1.70.